The summed E-state index contributed by atoms with van der Waals surface area (Å²) in [5.74, 6) is -5.83. The van der Waals surface area contributed by atoms with Crippen LogP contribution in [0, 0.1) is 43.5 Å². The third-order valence-corrected chi connectivity index (χ3v) is 3.71. The summed E-state index contributed by atoms with van der Waals surface area (Å²) in [6, 6.07) is 1.49. The Morgan fingerprint density at radius 2 is 1.00 bits per heavy atom. The van der Waals surface area contributed by atoms with E-state index in [-0.39, 0.29) is 11.8 Å². The van der Waals surface area contributed by atoms with Gasteiger partial charge in [-0.15, -0.1) is 0 Å². The molecule has 0 aromatic heterocycles. The Balaban J connectivity index is 2.59. The average molecular weight is 348 g/mol. The van der Waals surface area contributed by atoms with Crippen molar-refractivity contribution in [3.8, 4) is 0 Å². The fourth-order valence-corrected chi connectivity index (χ4v) is 2.64. The van der Waals surface area contributed by atoms with Crippen LogP contribution in [0.25, 0.3) is 0 Å². The topological polar surface area (TPSA) is 86.3 Å². The molecule has 0 N–H and O–H groups in total. The number of nitro benzene ring substituents is 2. The van der Waals surface area contributed by atoms with E-state index in [1.54, 1.807) is 0 Å². The van der Waals surface area contributed by atoms with Gasteiger partial charge in [0.05, 0.1) is 31.8 Å². The van der Waals surface area contributed by atoms with E-state index in [2.05, 4.69) is 0 Å². The van der Waals surface area contributed by atoms with Crippen molar-refractivity contribution in [3.05, 3.63) is 67.8 Å². The number of rotatable bonds is 4. The molecule has 23 heavy (non-hydrogen) atoms. The van der Waals surface area contributed by atoms with E-state index in [1.807, 2.05) is 0 Å². The van der Waals surface area contributed by atoms with Crippen molar-refractivity contribution in [1.29, 1.82) is 0 Å². The minimum absolute atomic E-state index is 0.247. The van der Waals surface area contributed by atoms with Gasteiger partial charge in [0.1, 0.15) is 0 Å². The maximum atomic E-state index is 13.2. The van der Waals surface area contributed by atoms with Crippen LogP contribution >= 0.6 is 11.8 Å². The van der Waals surface area contributed by atoms with Gasteiger partial charge in [-0.1, -0.05) is 11.8 Å². The van der Waals surface area contributed by atoms with Crippen LogP contribution in [0.4, 0.5) is 28.9 Å². The van der Waals surface area contributed by atoms with Crippen LogP contribution in [0.5, 0.6) is 0 Å². The number of hydrogen-bond donors (Lipinski definition) is 0. The molecule has 0 fully saturated rings. The lowest BCUT2D eigenvalue weighted by atomic mass is 10.3. The van der Waals surface area contributed by atoms with Crippen LogP contribution in [0.15, 0.2) is 34.1 Å². The summed E-state index contributed by atoms with van der Waals surface area (Å²) in [6.45, 7) is 0. The van der Waals surface area contributed by atoms with Crippen molar-refractivity contribution in [2.45, 2.75) is 9.79 Å². The smallest absolute Gasteiger partial charge is 0.258 e. The fourth-order valence-electron chi connectivity index (χ4n) is 1.60. The molecule has 0 radical (unpaired) electrons. The summed E-state index contributed by atoms with van der Waals surface area (Å²) in [5.41, 5.74) is -1.74. The third-order valence-electron chi connectivity index (χ3n) is 2.62. The first kappa shape index (κ1) is 16.7. The summed E-state index contributed by atoms with van der Waals surface area (Å²) < 4.78 is 52.7. The summed E-state index contributed by atoms with van der Waals surface area (Å²) in [6.07, 6.45) is 0. The summed E-state index contributed by atoms with van der Waals surface area (Å²) in [4.78, 5) is 18.6. The third kappa shape index (κ3) is 3.39. The molecule has 0 unspecified atom stereocenters. The predicted octanol–water partition coefficient (Wildman–Crippen LogP) is 4.21. The minimum atomic E-state index is -1.49. The molecule has 0 saturated heterocycles. The van der Waals surface area contributed by atoms with Crippen molar-refractivity contribution in [1.82, 2.24) is 0 Å². The molecule has 0 spiro atoms. The summed E-state index contributed by atoms with van der Waals surface area (Å²) in [5, 5.41) is 21.7. The highest BCUT2D eigenvalue weighted by atomic mass is 32.2. The van der Waals surface area contributed by atoms with Gasteiger partial charge in [0.2, 0.25) is 0 Å². The van der Waals surface area contributed by atoms with Gasteiger partial charge in [0.25, 0.3) is 11.4 Å². The number of halogens is 4. The van der Waals surface area contributed by atoms with E-state index in [9.17, 15) is 37.8 Å². The standard InChI is InChI=1S/C12H4F4N2O4S/c13-5-1-9(17(19)20)11(3-7(5)15)23-12-4-8(16)6(14)2-10(12)18(21)22/h1-4H. The first-order valence-corrected chi connectivity index (χ1v) is 6.47. The molecule has 6 nitrogen and oxygen atoms in total. The number of benzene rings is 2. The van der Waals surface area contributed by atoms with E-state index in [1.165, 1.54) is 0 Å². The monoisotopic (exact) mass is 348 g/mol. The van der Waals surface area contributed by atoms with Crippen LogP contribution < -0.4 is 0 Å². The van der Waals surface area contributed by atoms with E-state index < -0.39 is 54.3 Å². The number of nitro groups is 2. The highest BCUT2D eigenvalue weighted by molar-refractivity contribution is 7.99. The van der Waals surface area contributed by atoms with Crippen LogP contribution in [0.1, 0.15) is 0 Å². The van der Waals surface area contributed by atoms with Gasteiger partial charge in [-0.05, 0) is 12.1 Å². The van der Waals surface area contributed by atoms with Crippen LogP contribution in [-0.4, -0.2) is 9.85 Å². The molecule has 0 aliphatic rings. The second-order valence-corrected chi connectivity index (χ2v) is 5.17. The molecule has 120 valence electrons. The van der Waals surface area contributed by atoms with Gasteiger partial charge in [0.15, 0.2) is 23.3 Å². The normalized spacial score (nSPS) is 10.6. The Kier molecular flexibility index (Phi) is 4.50. The van der Waals surface area contributed by atoms with Gasteiger partial charge < -0.3 is 0 Å². The Labute approximate surface area is 129 Å². The molecule has 0 heterocycles. The quantitative estimate of drug-likeness (QED) is 0.469. The van der Waals surface area contributed by atoms with Gasteiger partial charge in [-0.2, -0.15) is 0 Å². The van der Waals surface area contributed by atoms with E-state index in [0.717, 1.165) is 0 Å². The molecule has 2 aromatic rings. The molecule has 11 heteroatoms. The Morgan fingerprint density at radius 3 is 1.30 bits per heavy atom. The predicted molar refractivity (Wildman–Crippen MR) is 70.1 cm³/mol. The lowest BCUT2D eigenvalue weighted by Crippen LogP contribution is -1.97. The fraction of sp³-hybridized carbons (Fsp3) is 0. The van der Waals surface area contributed by atoms with Crippen LogP contribution in [0.3, 0.4) is 0 Å². The highest BCUT2D eigenvalue weighted by Crippen LogP contribution is 2.40. The van der Waals surface area contributed by atoms with Crippen molar-refractivity contribution < 1.29 is 27.4 Å². The van der Waals surface area contributed by atoms with Crippen LogP contribution in [-0.2, 0) is 0 Å². The Morgan fingerprint density at radius 1 is 0.696 bits per heavy atom. The Bertz CT molecular complexity index is 764. The molecule has 2 aromatic carbocycles. The van der Waals surface area contributed by atoms with Crippen molar-refractivity contribution in [2.24, 2.45) is 0 Å². The van der Waals surface area contributed by atoms with Gasteiger partial charge in [-0.25, -0.2) is 17.6 Å². The second kappa shape index (κ2) is 6.20. The van der Waals surface area contributed by atoms with Gasteiger partial charge >= 0.3 is 0 Å². The maximum absolute atomic E-state index is 13.2. The lowest BCUT2D eigenvalue weighted by Gasteiger charge is -2.05. The number of hydrogen-bond acceptors (Lipinski definition) is 5. The zero-order valence-electron chi connectivity index (χ0n) is 10.8. The molecule has 0 amide bonds. The highest BCUT2D eigenvalue weighted by Gasteiger charge is 2.25. The summed E-state index contributed by atoms with van der Waals surface area (Å²) >= 11 is 0.247. The van der Waals surface area contributed by atoms with Crippen molar-refractivity contribution >= 4 is 23.1 Å². The first-order valence-electron chi connectivity index (χ1n) is 5.65. The molecule has 0 aliphatic heterocycles. The zero-order valence-corrected chi connectivity index (χ0v) is 11.6. The molecule has 0 aliphatic carbocycles. The van der Waals surface area contributed by atoms with Crippen molar-refractivity contribution in [3.63, 3.8) is 0 Å². The maximum Gasteiger partial charge on any atom is 0.286 e. The average Bonchev–Trinajstić information content (AvgIpc) is 2.45. The van der Waals surface area contributed by atoms with Gasteiger partial charge in [0, 0.05) is 0 Å². The van der Waals surface area contributed by atoms with Crippen molar-refractivity contribution in [2.75, 3.05) is 0 Å². The zero-order chi connectivity index (χ0) is 17.3. The molecule has 0 bridgehead atoms. The largest absolute Gasteiger partial charge is 0.286 e. The Hall–Kier alpha value is -2.69. The molecule has 2 rings (SSSR count). The summed E-state index contributed by atoms with van der Waals surface area (Å²) in [7, 11) is 0. The van der Waals surface area contributed by atoms with Crippen LogP contribution in [0.2, 0.25) is 0 Å². The number of nitrogens with zero attached hydrogens (tertiary/aromatic N) is 2. The molecule has 0 atom stereocenters. The van der Waals surface area contributed by atoms with Gasteiger partial charge in [-0.3, -0.25) is 20.2 Å². The first-order chi connectivity index (χ1) is 10.7. The second-order valence-electron chi connectivity index (χ2n) is 4.08. The molecular weight excluding hydrogens is 344 g/mol. The molecule has 0 saturated carbocycles. The SMILES string of the molecule is O=[N+]([O-])c1cc(F)c(F)cc1Sc1cc(F)c(F)cc1[N+](=O)[O-]. The van der Waals surface area contributed by atoms with E-state index in [4.69, 9.17) is 0 Å². The van der Waals surface area contributed by atoms with E-state index in [0.29, 0.717) is 24.3 Å². The lowest BCUT2D eigenvalue weighted by molar-refractivity contribution is -0.388. The molecular formula is C12H4F4N2O4S. The minimum Gasteiger partial charge on any atom is -0.258 e. The van der Waals surface area contributed by atoms with E-state index >= 15 is 0 Å².